The first kappa shape index (κ1) is 19.9. The molecular weight excluding hydrogens is 423 g/mol. The number of hydrogen-bond acceptors (Lipinski definition) is 5. The lowest BCUT2D eigenvalue weighted by Crippen LogP contribution is -2.56. The average molecular weight is 446 g/mol. The molecule has 4 heterocycles. The van der Waals surface area contributed by atoms with Crippen LogP contribution in [0, 0.1) is 11.7 Å². The SMILES string of the molecule is O=C(C1CN(c2ccc3ncn(-c4ccc(-c5cn[nH]c5)cc4)c3c2F)C1)N1CCOCC1. The number of anilines is 1. The van der Waals surface area contributed by atoms with Crippen molar-refractivity contribution in [3.8, 4) is 16.8 Å². The van der Waals surface area contributed by atoms with Crippen LogP contribution in [0.1, 0.15) is 0 Å². The molecule has 1 amide bonds. The molecular formula is C24H23FN6O2. The molecule has 0 saturated carbocycles. The van der Waals surface area contributed by atoms with Crippen molar-refractivity contribution >= 4 is 22.6 Å². The van der Waals surface area contributed by atoms with E-state index in [0.29, 0.717) is 56.1 Å². The Morgan fingerprint density at radius 3 is 2.58 bits per heavy atom. The van der Waals surface area contributed by atoms with Crippen LogP contribution in [0.2, 0.25) is 0 Å². The fourth-order valence-electron chi connectivity index (χ4n) is 4.59. The Balaban J connectivity index is 1.25. The van der Waals surface area contributed by atoms with Crippen molar-refractivity contribution in [1.82, 2.24) is 24.6 Å². The molecule has 0 spiro atoms. The highest BCUT2D eigenvalue weighted by atomic mass is 19.1. The van der Waals surface area contributed by atoms with Crippen LogP contribution in [0.15, 0.2) is 55.1 Å². The maximum atomic E-state index is 15.7. The lowest BCUT2D eigenvalue weighted by Gasteiger charge is -2.42. The van der Waals surface area contributed by atoms with Gasteiger partial charge in [-0.15, -0.1) is 0 Å². The number of nitrogens with zero attached hydrogens (tertiary/aromatic N) is 5. The maximum Gasteiger partial charge on any atom is 0.229 e. The lowest BCUT2D eigenvalue weighted by molar-refractivity contribution is -0.140. The van der Waals surface area contributed by atoms with Crippen LogP contribution in [-0.4, -0.2) is 69.9 Å². The quantitative estimate of drug-likeness (QED) is 0.522. The summed E-state index contributed by atoms with van der Waals surface area (Å²) in [6.07, 6.45) is 5.24. The number of carbonyl (C=O) groups excluding carboxylic acids is 1. The highest BCUT2D eigenvalue weighted by Gasteiger charge is 2.37. The van der Waals surface area contributed by atoms with Gasteiger partial charge in [0.2, 0.25) is 5.91 Å². The molecule has 2 aromatic carbocycles. The van der Waals surface area contributed by atoms with Gasteiger partial charge in [-0.05, 0) is 29.8 Å². The Morgan fingerprint density at radius 2 is 1.85 bits per heavy atom. The van der Waals surface area contributed by atoms with Gasteiger partial charge in [-0.2, -0.15) is 5.10 Å². The van der Waals surface area contributed by atoms with Crippen LogP contribution in [0.4, 0.5) is 10.1 Å². The fourth-order valence-corrected chi connectivity index (χ4v) is 4.59. The molecule has 2 aliphatic rings. The van der Waals surface area contributed by atoms with Gasteiger partial charge in [-0.1, -0.05) is 12.1 Å². The van der Waals surface area contributed by atoms with Crippen LogP contribution < -0.4 is 4.90 Å². The normalized spacial score (nSPS) is 16.9. The van der Waals surface area contributed by atoms with Gasteiger partial charge in [0, 0.05) is 43.6 Å². The third kappa shape index (κ3) is 3.45. The number of rotatable bonds is 4. The molecule has 0 radical (unpaired) electrons. The fraction of sp³-hybridized carbons (Fsp3) is 0.292. The number of halogens is 1. The molecule has 33 heavy (non-hydrogen) atoms. The Hall–Kier alpha value is -3.72. The zero-order valence-corrected chi connectivity index (χ0v) is 17.9. The van der Waals surface area contributed by atoms with E-state index >= 15 is 4.39 Å². The summed E-state index contributed by atoms with van der Waals surface area (Å²) < 4.78 is 22.8. The Kier molecular flexibility index (Phi) is 4.83. The van der Waals surface area contributed by atoms with Gasteiger partial charge < -0.3 is 14.5 Å². The zero-order valence-electron chi connectivity index (χ0n) is 17.9. The third-order valence-electron chi connectivity index (χ3n) is 6.50. The van der Waals surface area contributed by atoms with Crippen molar-refractivity contribution in [2.75, 3.05) is 44.3 Å². The third-order valence-corrected chi connectivity index (χ3v) is 6.50. The summed E-state index contributed by atoms with van der Waals surface area (Å²) >= 11 is 0. The van der Waals surface area contributed by atoms with Gasteiger partial charge in [0.1, 0.15) is 11.8 Å². The first-order valence-electron chi connectivity index (χ1n) is 11.1. The van der Waals surface area contributed by atoms with Gasteiger partial charge in [-0.3, -0.25) is 14.5 Å². The van der Waals surface area contributed by atoms with E-state index < -0.39 is 0 Å². The van der Waals surface area contributed by atoms with Crippen LogP contribution in [-0.2, 0) is 9.53 Å². The number of benzene rings is 2. The minimum atomic E-state index is -0.318. The van der Waals surface area contributed by atoms with Gasteiger partial charge in [0.25, 0.3) is 0 Å². The second kappa shape index (κ2) is 8.00. The van der Waals surface area contributed by atoms with Gasteiger partial charge in [0.15, 0.2) is 5.82 Å². The number of nitrogens with one attached hydrogen (secondary N) is 1. The standard InChI is InChI=1S/C24H23FN6O2/c25-22-21(30-13-18(14-30)24(32)29-7-9-33-10-8-29)6-5-20-23(22)31(15-26-20)19-3-1-16(2-4-19)17-11-27-28-12-17/h1-6,11-12,15,18H,7-10,13-14H2,(H,27,28). The van der Waals surface area contributed by atoms with Crippen molar-refractivity contribution in [2.24, 2.45) is 5.92 Å². The largest absolute Gasteiger partial charge is 0.378 e. The number of fused-ring (bicyclic) bond motifs is 1. The van der Waals surface area contributed by atoms with Crippen LogP contribution in [0.3, 0.4) is 0 Å². The number of amides is 1. The molecule has 0 aliphatic carbocycles. The average Bonchev–Trinajstić information content (AvgIpc) is 3.51. The number of aromatic amines is 1. The molecule has 6 rings (SSSR count). The van der Waals surface area contributed by atoms with E-state index in [1.54, 1.807) is 23.2 Å². The minimum absolute atomic E-state index is 0.0985. The van der Waals surface area contributed by atoms with E-state index in [0.717, 1.165) is 16.8 Å². The van der Waals surface area contributed by atoms with E-state index in [1.807, 2.05) is 46.3 Å². The minimum Gasteiger partial charge on any atom is -0.378 e. The number of aromatic nitrogens is 4. The Morgan fingerprint density at radius 1 is 1.06 bits per heavy atom. The number of imidazole rings is 1. The summed E-state index contributed by atoms with van der Waals surface area (Å²) in [5.41, 5.74) is 4.37. The molecule has 2 saturated heterocycles. The summed E-state index contributed by atoms with van der Waals surface area (Å²) in [5, 5.41) is 6.79. The summed E-state index contributed by atoms with van der Waals surface area (Å²) in [6.45, 7) is 3.47. The van der Waals surface area contributed by atoms with E-state index in [-0.39, 0.29) is 17.6 Å². The summed E-state index contributed by atoms with van der Waals surface area (Å²) in [6, 6.07) is 11.4. The van der Waals surface area contributed by atoms with E-state index in [1.165, 1.54) is 0 Å². The monoisotopic (exact) mass is 446 g/mol. The highest BCUT2D eigenvalue weighted by Crippen LogP contribution is 2.33. The maximum absolute atomic E-state index is 15.7. The Bertz CT molecular complexity index is 1290. The zero-order chi connectivity index (χ0) is 22.4. The lowest BCUT2D eigenvalue weighted by atomic mass is 9.97. The first-order valence-corrected chi connectivity index (χ1v) is 11.1. The number of carbonyl (C=O) groups is 1. The number of hydrogen-bond donors (Lipinski definition) is 1. The van der Waals surface area contributed by atoms with Gasteiger partial charge in [-0.25, -0.2) is 9.37 Å². The molecule has 1 N–H and O–H groups in total. The molecule has 0 unspecified atom stereocenters. The highest BCUT2D eigenvalue weighted by molar-refractivity contribution is 5.85. The molecule has 4 aromatic rings. The number of ether oxygens (including phenoxy) is 1. The van der Waals surface area contributed by atoms with Crippen molar-refractivity contribution in [1.29, 1.82) is 0 Å². The molecule has 2 fully saturated rings. The summed E-state index contributed by atoms with van der Waals surface area (Å²) in [7, 11) is 0. The van der Waals surface area contributed by atoms with Crippen molar-refractivity contribution in [3.05, 3.63) is 60.9 Å². The molecule has 2 aromatic heterocycles. The summed E-state index contributed by atoms with van der Waals surface area (Å²) in [4.78, 5) is 20.9. The molecule has 2 aliphatic heterocycles. The van der Waals surface area contributed by atoms with E-state index in [2.05, 4.69) is 15.2 Å². The van der Waals surface area contributed by atoms with Gasteiger partial charge >= 0.3 is 0 Å². The molecule has 168 valence electrons. The summed E-state index contributed by atoms with van der Waals surface area (Å²) in [5.74, 6) is -0.279. The van der Waals surface area contributed by atoms with Crippen molar-refractivity contribution in [3.63, 3.8) is 0 Å². The molecule has 8 nitrogen and oxygen atoms in total. The second-order valence-electron chi connectivity index (χ2n) is 8.45. The van der Waals surface area contributed by atoms with E-state index in [9.17, 15) is 4.79 Å². The van der Waals surface area contributed by atoms with Gasteiger partial charge in [0.05, 0.1) is 36.5 Å². The van der Waals surface area contributed by atoms with Crippen molar-refractivity contribution in [2.45, 2.75) is 0 Å². The van der Waals surface area contributed by atoms with Crippen LogP contribution in [0.5, 0.6) is 0 Å². The molecule has 0 atom stereocenters. The molecule has 9 heteroatoms. The topological polar surface area (TPSA) is 79.3 Å². The second-order valence-corrected chi connectivity index (χ2v) is 8.45. The van der Waals surface area contributed by atoms with E-state index in [4.69, 9.17) is 4.74 Å². The Labute approximate surface area is 189 Å². The number of H-pyrrole nitrogens is 1. The predicted molar refractivity (Wildman–Crippen MR) is 122 cm³/mol. The number of morpholine rings is 1. The smallest absolute Gasteiger partial charge is 0.229 e. The first-order chi connectivity index (χ1) is 16.2. The van der Waals surface area contributed by atoms with Crippen LogP contribution in [0.25, 0.3) is 27.8 Å². The van der Waals surface area contributed by atoms with Crippen LogP contribution >= 0.6 is 0 Å². The van der Waals surface area contributed by atoms with Crippen molar-refractivity contribution < 1.29 is 13.9 Å². The predicted octanol–water partition coefficient (Wildman–Crippen LogP) is 2.85. The molecule has 0 bridgehead atoms.